The van der Waals surface area contributed by atoms with Gasteiger partial charge in [0.2, 0.25) is 0 Å². The SMILES string of the molecule is CCN1c2ncc(/C=C\c3ccccc3)cc2C(=O)N(C)c2ccc(Cl)nc21. The number of nitrogens with zero attached hydrogens (tertiary/aromatic N) is 4. The molecule has 0 atom stereocenters. The maximum absolute atomic E-state index is 13.1. The average Bonchev–Trinajstić information content (AvgIpc) is 2.80. The van der Waals surface area contributed by atoms with E-state index in [1.54, 1.807) is 24.2 Å². The van der Waals surface area contributed by atoms with E-state index in [-0.39, 0.29) is 5.91 Å². The molecule has 140 valence electrons. The van der Waals surface area contributed by atoms with Crippen LogP contribution in [0.25, 0.3) is 12.2 Å². The van der Waals surface area contributed by atoms with Crippen LogP contribution < -0.4 is 9.80 Å². The van der Waals surface area contributed by atoms with Crippen LogP contribution in [0.2, 0.25) is 5.15 Å². The van der Waals surface area contributed by atoms with E-state index in [1.165, 1.54) is 0 Å². The second-order valence-electron chi connectivity index (χ2n) is 6.47. The lowest BCUT2D eigenvalue weighted by Gasteiger charge is -2.22. The highest BCUT2D eigenvalue weighted by molar-refractivity contribution is 6.29. The lowest BCUT2D eigenvalue weighted by Crippen LogP contribution is -2.25. The lowest BCUT2D eigenvalue weighted by molar-refractivity contribution is 0.0994. The molecule has 0 saturated carbocycles. The second-order valence-corrected chi connectivity index (χ2v) is 6.86. The van der Waals surface area contributed by atoms with Gasteiger partial charge in [0.1, 0.15) is 11.0 Å². The average molecular weight is 391 g/mol. The molecule has 3 aromatic rings. The molecule has 0 fully saturated rings. The van der Waals surface area contributed by atoms with Gasteiger partial charge in [-0.05, 0) is 36.2 Å². The standard InChI is InChI=1S/C22H19ClN4O/c1-3-27-20-17(22(28)26(2)18-11-12-19(23)25-21(18)27)13-16(14-24-20)10-9-15-7-5-4-6-8-15/h4-14H,3H2,1-2H3/b10-9-. The fraction of sp³-hybridized carbons (Fsp3) is 0.136. The molecule has 3 heterocycles. The Labute approximate surface area is 168 Å². The van der Waals surface area contributed by atoms with Crippen molar-refractivity contribution in [3.63, 3.8) is 0 Å². The quantitative estimate of drug-likeness (QED) is 0.587. The summed E-state index contributed by atoms with van der Waals surface area (Å²) in [7, 11) is 1.74. The van der Waals surface area contributed by atoms with Crippen LogP contribution in [-0.2, 0) is 0 Å². The van der Waals surface area contributed by atoms with Crippen molar-refractivity contribution >= 4 is 47.0 Å². The van der Waals surface area contributed by atoms with Crippen molar-refractivity contribution < 1.29 is 4.79 Å². The summed E-state index contributed by atoms with van der Waals surface area (Å²) >= 11 is 6.12. The van der Waals surface area contributed by atoms with Crippen molar-refractivity contribution in [1.29, 1.82) is 0 Å². The van der Waals surface area contributed by atoms with E-state index in [9.17, 15) is 4.79 Å². The van der Waals surface area contributed by atoms with Crippen LogP contribution in [0.4, 0.5) is 17.3 Å². The molecule has 0 radical (unpaired) electrons. The fourth-order valence-electron chi connectivity index (χ4n) is 3.26. The van der Waals surface area contributed by atoms with Crippen molar-refractivity contribution in [3.05, 3.63) is 76.6 Å². The molecule has 0 saturated heterocycles. The van der Waals surface area contributed by atoms with Gasteiger partial charge in [-0.1, -0.05) is 54.1 Å². The summed E-state index contributed by atoms with van der Waals surface area (Å²) in [6.45, 7) is 2.61. The van der Waals surface area contributed by atoms with Gasteiger partial charge in [0.25, 0.3) is 5.91 Å². The number of carbonyl (C=O) groups is 1. The van der Waals surface area contributed by atoms with Gasteiger partial charge in [0.15, 0.2) is 5.82 Å². The van der Waals surface area contributed by atoms with Crippen LogP contribution in [0.15, 0.2) is 54.7 Å². The number of fused-ring (bicyclic) bond motifs is 2. The fourth-order valence-corrected chi connectivity index (χ4v) is 3.41. The maximum Gasteiger partial charge on any atom is 0.261 e. The highest BCUT2D eigenvalue weighted by Crippen LogP contribution is 2.38. The first-order valence-corrected chi connectivity index (χ1v) is 9.41. The van der Waals surface area contributed by atoms with E-state index in [4.69, 9.17) is 11.6 Å². The number of anilines is 3. The third-order valence-corrected chi connectivity index (χ3v) is 4.91. The molecule has 0 spiro atoms. The number of aromatic nitrogens is 2. The number of benzene rings is 1. The largest absolute Gasteiger partial charge is 0.309 e. The minimum atomic E-state index is -0.126. The summed E-state index contributed by atoms with van der Waals surface area (Å²) in [4.78, 5) is 25.7. The van der Waals surface area contributed by atoms with Crippen molar-refractivity contribution in [2.45, 2.75) is 6.92 Å². The Hall–Kier alpha value is -3.18. The van der Waals surface area contributed by atoms with Gasteiger partial charge in [-0.25, -0.2) is 9.97 Å². The Morgan fingerprint density at radius 1 is 1.04 bits per heavy atom. The van der Waals surface area contributed by atoms with E-state index in [0.717, 1.165) is 11.1 Å². The molecule has 0 N–H and O–H groups in total. The molecule has 0 bridgehead atoms. The number of halogens is 1. The van der Waals surface area contributed by atoms with Crippen LogP contribution in [-0.4, -0.2) is 29.5 Å². The Bertz CT molecular complexity index is 1070. The van der Waals surface area contributed by atoms with E-state index in [0.29, 0.717) is 34.6 Å². The molecule has 1 aliphatic rings. The third-order valence-electron chi connectivity index (χ3n) is 4.70. The normalized spacial score (nSPS) is 13.5. The number of carbonyl (C=O) groups excluding carboxylic acids is 1. The Morgan fingerprint density at radius 2 is 1.79 bits per heavy atom. The zero-order chi connectivity index (χ0) is 19.7. The molecular weight excluding hydrogens is 372 g/mol. The minimum Gasteiger partial charge on any atom is -0.309 e. The zero-order valence-corrected chi connectivity index (χ0v) is 16.4. The van der Waals surface area contributed by atoms with Crippen molar-refractivity contribution in [3.8, 4) is 0 Å². The summed E-state index contributed by atoms with van der Waals surface area (Å²) in [6.07, 6.45) is 5.73. The smallest absolute Gasteiger partial charge is 0.261 e. The summed E-state index contributed by atoms with van der Waals surface area (Å²) in [5, 5.41) is 0.379. The van der Waals surface area contributed by atoms with Gasteiger partial charge in [-0.3, -0.25) is 4.79 Å². The van der Waals surface area contributed by atoms with Gasteiger partial charge in [-0.15, -0.1) is 0 Å². The summed E-state index contributed by atoms with van der Waals surface area (Å²) in [5.41, 5.74) is 3.18. The highest BCUT2D eigenvalue weighted by Gasteiger charge is 2.30. The summed E-state index contributed by atoms with van der Waals surface area (Å²) < 4.78 is 0. The van der Waals surface area contributed by atoms with Crippen LogP contribution in [0.1, 0.15) is 28.4 Å². The number of amides is 1. The molecule has 6 heteroatoms. The van der Waals surface area contributed by atoms with Crippen molar-refractivity contribution in [1.82, 2.24) is 9.97 Å². The molecule has 0 unspecified atom stereocenters. The van der Waals surface area contributed by atoms with E-state index < -0.39 is 0 Å². The molecule has 5 nitrogen and oxygen atoms in total. The van der Waals surface area contributed by atoms with Gasteiger partial charge in [-0.2, -0.15) is 0 Å². The Balaban J connectivity index is 1.80. The first-order chi connectivity index (χ1) is 13.6. The monoisotopic (exact) mass is 390 g/mol. The minimum absolute atomic E-state index is 0.126. The van der Waals surface area contributed by atoms with Crippen LogP contribution >= 0.6 is 11.6 Å². The summed E-state index contributed by atoms with van der Waals surface area (Å²) in [6, 6.07) is 15.4. The molecule has 4 rings (SSSR count). The number of pyridine rings is 2. The second kappa shape index (κ2) is 7.44. The zero-order valence-electron chi connectivity index (χ0n) is 15.6. The number of rotatable bonds is 3. The van der Waals surface area contributed by atoms with Gasteiger partial charge in [0, 0.05) is 19.8 Å². The van der Waals surface area contributed by atoms with Crippen molar-refractivity contribution in [2.24, 2.45) is 0 Å². The molecule has 1 aromatic carbocycles. The van der Waals surface area contributed by atoms with Gasteiger partial charge >= 0.3 is 0 Å². The van der Waals surface area contributed by atoms with E-state index >= 15 is 0 Å². The molecule has 1 aliphatic heterocycles. The Kier molecular flexibility index (Phi) is 4.84. The first kappa shape index (κ1) is 18.2. The predicted octanol–water partition coefficient (Wildman–Crippen LogP) is 5.05. The van der Waals surface area contributed by atoms with Gasteiger partial charge in [0.05, 0.1) is 11.3 Å². The first-order valence-electron chi connectivity index (χ1n) is 9.04. The molecule has 1 amide bonds. The number of hydrogen-bond acceptors (Lipinski definition) is 4. The number of hydrogen-bond donors (Lipinski definition) is 0. The van der Waals surface area contributed by atoms with E-state index in [1.807, 2.05) is 66.4 Å². The molecular formula is C22H19ClN4O. The predicted molar refractivity (Wildman–Crippen MR) is 114 cm³/mol. The maximum atomic E-state index is 13.1. The highest BCUT2D eigenvalue weighted by atomic mass is 35.5. The van der Waals surface area contributed by atoms with Gasteiger partial charge < -0.3 is 9.80 Å². The van der Waals surface area contributed by atoms with Crippen LogP contribution in [0.3, 0.4) is 0 Å². The molecule has 0 aliphatic carbocycles. The van der Waals surface area contributed by atoms with Crippen LogP contribution in [0, 0.1) is 0 Å². The third kappa shape index (κ3) is 3.25. The van der Waals surface area contributed by atoms with Crippen LogP contribution in [0.5, 0.6) is 0 Å². The van der Waals surface area contributed by atoms with E-state index in [2.05, 4.69) is 9.97 Å². The lowest BCUT2D eigenvalue weighted by atomic mass is 10.1. The van der Waals surface area contributed by atoms with Crippen molar-refractivity contribution in [2.75, 3.05) is 23.4 Å². The Morgan fingerprint density at radius 3 is 2.54 bits per heavy atom. The summed E-state index contributed by atoms with van der Waals surface area (Å²) in [5.74, 6) is 1.09. The molecule has 28 heavy (non-hydrogen) atoms. The topological polar surface area (TPSA) is 49.3 Å². The molecule has 2 aromatic heterocycles.